The highest BCUT2D eigenvalue weighted by atomic mass is 79.9. The minimum Gasteiger partial charge on any atom is -0.352 e. The fraction of sp³-hybridized carbons (Fsp3) is 0.583. The van der Waals surface area contributed by atoms with Crippen LogP contribution in [0.15, 0.2) is 20.1 Å². The highest BCUT2D eigenvalue weighted by Crippen LogP contribution is 2.33. The first-order valence-electron chi connectivity index (χ1n) is 6.51. The van der Waals surface area contributed by atoms with E-state index in [1.54, 1.807) is 12.1 Å². The molecule has 0 bridgehead atoms. The van der Waals surface area contributed by atoms with Crippen molar-refractivity contribution in [2.75, 3.05) is 11.6 Å². The van der Waals surface area contributed by atoms with Gasteiger partial charge in [0.1, 0.15) is 10.3 Å². The van der Waals surface area contributed by atoms with Crippen molar-refractivity contribution in [3.8, 4) is 0 Å². The molecule has 1 N–H and O–H groups in total. The summed E-state index contributed by atoms with van der Waals surface area (Å²) in [5.41, 5.74) is 0. The third kappa shape index (κ3) is 3.82. The van der Waals surface area contributed by atoms with Crippen LogP contribution in [0.5, 0.6) is 0 Å². The lowest BCUT2D eigenvalue weighted by atomic mass is 10.2. The fourth-order valence-electron chi connectivity index (χ4n) is 1.86. The van der Waals surface area contributed by atoms with Crippen molar-refractivity contribution in [2.45, 2.75) is 36.6 Å². The Morgan fingerprint density at radius 1 is 1.57 bits per heavy atom. The number of hydrogen-bond acceptors (Lipinski definition) is 5. The zero-order valence-corrected chi connectivity index (χ0v) is 15.7. The summed E-state index contributed by atoms with van der Waals surface area (Å²) < 4.78 is 27.6. The van der Waals surface area contributed by atoms with Gasteiger partial charge in [-0.2, -0.15) is 4.31 Å². The van der Waals surface area contributed by atoms with E-state index in [0.717, 1.165) is 21.5 Å². The topological polar surface area (TPSA) is 66.5 Å². The van der Waals surface area contributed by atoms with E-state index in [9.17, 15) is 13.2 Å². The smallest absolute Gasteiger partial charge is 0.254 e. The summed E-state index contributed by atoms with van der Waals surface area (Å²) in [7, 11) is -3.61. The number of carbonyl (C=O) groups excluding carboxylic acids is 1. The van der Waals surface area contributed by atoms with Crippen LogP contribution in [0.3, 0.4) is 0 Å². The van der Waals surface area contributed by atoms with Gasteiger partial charge in [0, 0.05) is 11.8 Å². The van der Waals surface area contributed by atoms with Gasteiger partial charge in [0.2, 0.25) is 5.91 Å². The summed E-state index contributed by atoms with van der Waals surface area (Å²) in [5.74, 6) is 0.596. The molecule has 9 heteroatoms. The Bertz CT molecular complexity index is 617. The molecular formula is C12H17BrN2O3S3. The number of sulfonamides is 1. The monoisotopic (exact) mass is 412 g/mol. The second kappa shape index (κ2) is 6.99. The second-order valence-corrected chi connectivity index (χ2v) is 10.4. The second-order valence-electron chi connectivity index (χ2n) is 4.78. The van der Waals surface area contributed by atoms with E-state index >= 15 is 0 Å². The van der Waals surface area contributed by atoms with Gasteiger partial charge in [0.25, 0.3) is 10.0 Å². The highest BCUT2D eigenvalue weighted by molar-refractivity contribution is 9.11. The molecule has 0 radical (unpaired) electrons. The predicted octanol–water partition coefficient (Wildman–Crippen LogP) is 2.49. The van der Waals surface area contributed by atoms with Gasteiger partial charge in [-0.05, 0) is 41.4 Å². The van der Waals surface area contributed by atoms with Crippen LogP contribution in [0, 0.1) is 0 Å². The molecule has 0 saturated carbocycles. The lowest BCUT2D eigenvalue weighted by Crippen LogP contribution is -2.49. The van der Waals surface area contributed by atoms with E-state index in [1.165, 1.54) is 16.1 Å². The summed E-state index contributed by atoms with van der Waals surface area (Å²) in [4.78, 5) is 12.3. The number of hydrogen-bond donors (Lipinski definition) is 1. The quantitative estimate of drug-likeness (QED) is 0.806. The molecule has 2 atom stereocenters. The molecule has 2 unspecified atom stereocenters. The first-order chi connectivity index (χ1) is 9.86. The van der Waals surface area contributed by atoms with Gasteiger partial charge >= 0.3 is 0 Å². The molecule has 0 spiro atoms. The molecule has 1 aromatic heterocycles. The summed E-state index contributed by atoms with van der Waals surface area (Å²) >= 11 is 5.89. The number of nitrogens with one attached hydrogen (secondary N) is 1. The molecule has 2 heterocycles. The molecule has 1 aromatic rings. The Hall–Kier alpha value is -0.0900. The molecule has 1 saturated heterocycles. The standard InChI is InChI=1S/C12H17BrN2O3S3/c1-3-8(2)14-12(16)9-6-19-7-15(9)21(17,18)11-5-4-10(13)20-11/h4-5,8-9H,3,6-7H2,1-2H3,(H,14,16). The SMILES string of the molecule is CCC(C)NC(=O)C1CSCN1S(=O)(=O)c1ccc(Br)s1. The molecule has 21 heavy (non-hydrogen) atoms. The van der Waals surface area contributed by atoms with Crippen molar-refractivity contribution in [3.63, 3.8) is 0 Å². The van der Waals surface area contributed by atoms with E-state index in [1.807, 2.05) is 13.8 Å². The summed E-state index contributed by atoms with van der Waals surface area (Å²) in [5, 5.41) is 2.87. The fourth-order valence-corrected chi connectivity index (χ4v) is 7.15. The lowest BCUT2D eigenvalue weighted by molar-refractivity contribution is -0.124. The van der Waals surface area contributed by atoms with Crippen LogP contribution in [-0.4, -0.2) is 42.3 Å². The maximum Gasteiger partial charge on any atom is 0.254 e. The number of carbonyl (C=O) groups is 1. The molecule has 5 nitrogen and oxygen atoms in total. The van der Waals surface area contributed by atoms with Gasteiger partial charge in [0.05, 0.1) is 9.66 Å². The predicted molar refractivity (Wildman–Crippen MR) is 90.1 cm³/mol. The Labute approximate surface area is 141 Å². The van der Waals surface area contributed by atoms with Crippen molar-refractivity contribution in [3.05, 3.63) is 15.9 Å². The first-order valence-corrected chi connectivity index (χ1v) is 10.7. The van der Waals surface area contributed by atoms with Crippen LogP contribution in [-0.2, 0) is 14.8 Å². The van der Waals surface area contributed by atoms with Gasteiger partial charge in [-0.1, -0.05) is 6.92 Å². The van der Waals surface area contributed by atoms with Crippen LogP contribution in [0.25, 0.3) is 0 Å². The average molecular weight is 413 g/mol. The van der Waals surface area contributed by atoms with Gasteiger partial charge < -0.3 is 5.32 Å². The van der Waals surface area contributed by atoms with Gasteiger partial charge in [-0.25, -0.2) is 8.42 Å². The molecule has 1 aliphatic heterocycles. The molecule has 0 aliphatic carbocycles. The van der Waals surface area contributed by atoms with Gasteiger partial charge in [-0.3, -0.25) is 4.79 Å². The van der Waals surface area contributed by atoms with Crippen LogP contribution in [0.2, 0.25) is 0 Å². The first kappa shape index (κ1) is 17.3. The van der Waals surface area contributed by atoms with Crippen LogP contribution >= 0.6 is 39.0 Å². The zero-order chi connectivity index (χ0) is 15.6. The number of amides is 1. The van der Waals surface area contributed by atoms with Gasteiger partial charge in [0.15, 0.2) is 0 Å². The van der Waals surface area contributed by atoms with Crippen LogP contribution in [0.4, 0.5) is 0 Å². The lowest BCUT2D eigenvalue weighted by Gasteiger charge is -2.23. The molecule has 2 rings (SSSR count). The third-order valence-corrected chi connectivity index (χ3v) is 8.38. The molecule has 1 aliphatic rings. The largest absolute Gasteiger partial charge is 0.352 e. The van der Waals surface area contributed by atoms with Crippen molar-refractivity contribution in [2.24, 2.45) is 0 Å². The zero-order valence-electron chi connectivity index (χ0n) is 11.7. The third-order valence-electron chi connectivity index (χ3n) is 3.26. The maximum absolute atomic E-state index is 12.6. The number of halogens is 1. The molecule has 1 amide bonds. The highest BCUT2D eigenvalue weighted by Gasteiger charge is 2.40. The Balaban J connectivity index is 2.20. The van der Waals surface area contributed by atoms with Crippen molar-refractivity contribution < 1.29 is 13.2 Å². The number of rotatable bonds is 5. The Kier molecular flexibility index (Phi) is 5.75. The van der Waals surface area contributed by atoms with E-state index in [0.29, 0.717) is 11.6 Å². The summed E-state index contributed by atoms with van der Waals surface area (Å²) in [6.07, 6.45) is 0.816. The van der Waals surface area contributed by atoms with E-state index in [2.05, 4.69) is 21.2 Å². The van der Waals surface area contributed by atoms with E-state index in [-0.39, 0.29) is 16.2 Å². The van der Waals surface area contributed by atoms with Crippen molar-refractivity contribution in [1.29, 1.82) is 0 Å². The minimum atomic E-state index is -3.61. The maximum atomic E-state index is 12.6. The van der Waals surface area contributed by atoms with Crippen LogP contribution < -0.4 is 5.32 Å². The number of nitrogens with zero attached hydrogens (tertiary/aromatic N) is 1. The summed E-state index contributed by atoms with van der Waals surface area (Å²) in [6, 6.07) is 2.68. The van der Waals surface area contributed by atoms with Crippen LogP contribution in [0.1, 0.15) is 20.3 Å². The van der Waals surface area contributed by atoms with E-state index < -0.39 is 16.1 Å². The molecule has 1 fully saturated rings. The minimum absolute atomic E-state index is 0.0449. The number of thioether (sulfide) groups is 1. The van der Waals surface area contributed by atoms with Gasteiger partial charge in [-0.15, -0.1) is 23.1 Å². The average Bonchev–Trinajstić information content (AvgIpc) is 3.07. The number of thiophene rings is 1. The molecule has 118 valence electrons. The summed E-state index contributed by atoms with van der Waals surface area (Å²) in [6.45, 7) is 3.89. The molecule has 0 aromatic carbocycles. The Morgan fingerprint density at radius 3 is 2.86 bits per heavy atom. The van der Waals surface area contributed by atoms with Crippen molar-refractivity contribution in [1.82, 2.24) is 9.62 Å². The Morgan fingerprint density at radius 2 is 2.29 bits per heavy atom. The van der Waals surface area contributed by atoms with E-state index in [4.69, 9.17) is 0 Å². The normalized spacial score (nSPS) is 21.4. The van der Waals surface area contributed by atoms with Crippen molar-refractivity contribution >= 4 is 55.0 Å². The molecular weight excluding hydrogens is 396 g/mol.